The number of fused-ring (bicyclic) bond motifs is 1. The van der Waals surface area contributed by atoms with Gasteiger partial charge in [0.15, 0.2) is 5.82 Å². The Morgan fingerprint density at radius 1 is 1.32 bits per heavy atom. The molecule has 0 unspecified atom stereocenters. The van der Waals surface area contributed by atoms with Gasteiger partial charge in [-0.05, 0) is 41.3 Å². The van der Waals surface area contributed by atoms with Crippen LogP contribution in [0.15, 0.2) is 12.1 Å². The van der Waals surface area contributed by atoms with Crippen molar-refractivity contribution in [3.63, 3.8) is 0 Å². The Hall–Kier alpha value is -0.860. The predicted octanol–water partition coefficient (Wildman–Crippen LogP) is 1.50. The maximum Gasteiger partial charge on any atom is 0.154 e. The van der Waals surface area contributed by atoms with Gasteiger partial charge in [0, 0.05) is 36.3 Å². The second kappa shape index (κ2) is 5.26. The molecular formula is C13H18IN5. The van der Waals surface area contributed by atoms with Crippen LogP contribution >= 0.6 is 22.6 Å². The average Bonchev–Trinajstić information content (AvgIpc) is 2.79. The number of anilines is 1. The smallest absolute Gasteiger partial charge is 0.154 e. The van der Waals surface area contributed by atoms with Crippen molar-refractivity contribution in [2.24, 2.45) is 0 Å². The minimum Gasteiger partial charge on any atom is -0.382 e. The number of nitrogens with one attached hydrogen (secondary N) is 1. The van der Waals surface area contributed by atoms with E-state index in [9.17, 15) is 0 Å². The van der Waals surface area contributed by atoms with Crippen LogP contribution in [0.1, 0.15) is 5.56 Å². The minimum atomic E-state index is 0.597. The second-order valence-electron chi connectivity index (χ2n) is 5.14. The normalized spacial score (nSPS) is 18.2. The van der Waals surface area contributed by atoms with Crippen LogP contribution in [0.4, 0.5) is 5.82 Å². The van der Waals surface area contributed by atoms with Crippen molar-refractivity contribution in [1.82, 2.24) is 20.0 Å². The van der Waals surface area contributed by atoms with Crippen LogP contribution in [-0.2, 0) is 6.54 Å². The van der Waals surface area contributed by atoms with E-state index in [4.69, 9.17) is 5.73 Å². The number of nitrogens with zero attached hydrogens (tertiary/aromatic N) is 3. The first-order valence-electron chi connectivity index (χ1n) is 6.47. The van der Waals surface area contributed by atoms with E-state index in [1.54, 1.807) is 0 Å². The summed E-state index contributed by atoms with van der Waals surface area (Å²) in [5, 5.41) is 8.28. The highest BCUT2D eigenvalue weighted by Gasteiger charge is 2.17. The summed E-state index contributed by atoms with van der Waals surface area (Å²) < 4.78 is 1.15. The van der Waals surface area contributed by atoms with Crippen LogP contribution < -0.4 is 5.73 Å². The topological polar surface area (TPSA) is 61.2 Å². The zero-order chi connectivity index (χ0) is 13.4. The monoisotopic (exact) mass is 371 g/mol. The zero-order valence-electron chi connectivity index (χ0n) is 11.0. The molecule has 0 spiro atoms. The van der Waals surface area contributed by atoms with Crippen molar-refractivity contribution >= 4 is 39.3 Å². The molecular weight excluding hydrogens is 353 g/mol. The van der Waals surface area contributed by atoms with Crippen LogP contribution in [-0.4, -0.2) is 53.2 Å². The summed E-state index contributed by atoms with van der Waals surface area (Å²) in [6.07, 6.45) is 0. The third kappa shape index (κ3) is 2.56. The van der Waals surface area contributed by atoms with Gasteiger partial charge in [-0.25, -0.2) is 0 Å². The summed E-state index contributed by atoms with van der Waals surface area (Å²) in [4.78, 5) is 4.85. The van der Waals surface area contributed by atoms with Gasteiger partial charge < -0.3 is 10.6 Å². The molecule has 102 valence electrons. The van der Waals surface area contributed by atoms with Crippen LogP contribution in [0.2, 0.25) is 0 Å². The van der Waals surface area contributed by atoms with E-state index >= 15 is 0 Å². The number of halogens is 1. The molecule has 1 aromatic carbocycles. The summed E-state index contributed by atoms with van der Waals surface area (Å²) >= 11 is 2.31. The lowest BCUT2D eigenvalue weighted by Crippen LogP contribution is -2.43. The van der Waals surface area contributed by atoms with Crippen molar-refractivity contribution < 1.29 is 0 Å². The molecule has 3 N–H and O–H groups in total. The number of nitrogens with two attached hydrogens (primary N) is 1. The Kier molecular flexibility index (Phi) is 3.64. The molecule has 1 saturated heterocycles. The summed E-state index contributed by atoms with van der Waals surface area (Å²) in [7, 11) is 2.18. The summed E-state index contributed by atoms with van der Waals surface area (Å²) in [6, 6.07) is 4.31. The van der Waals surface area contributed by atoms with Gasteiger partial charge >= 0.3 is 0 Å². The van der Waals surface area contributed by atoms with Gasteiger partial charge in [0.05, 0.1) is 10.9 Å². The van der Waals surface area contributed by atoms with Crippen molar-refractivity contribution in [2.75, 3.05) is 39.0 Å². The molecule has 1 aliphatic heterocycles. The van der Waals surface area contributed by atoms with Crippen LogP contribution in [0.3, 0.4) is 0 Å². The highest BCUT2D eigenvalue weighted by molar-refractivity contribution is 14.1. The van der Waals surface area contributed by atoms with Gasteiger partial charge in [-0.15, -0.1) is 0 Å². The molecule has 1 aromatic heterocycles. The molecule has 2 heterocycles. The molecule has 0 saturated carbocycles. The van der Waals surface area contributed by atoms with E-state index in [2.05, 4.69) is 61.8 Å². The number of benzene rings is 1. The van der Waals surface area contributed by atoms with Crippen LogP contribution in [0.5, 0.6) is 0 Å². The highest BCUT2D eigenvalue weighted by atomic mass is 127. The zero-order valence-corrected chi connectivity index (χ0v) is 13.1. The molecule has 0 radical (unpaired) electrons. The lowest BCUT2D eigenvalue weighted by atomic mass is 10.1. The molecule has 3 rings (SSSR count). The molecule has 0 amide bonds. The SMILES string of the molecule is CN1CCN(Cc2ccc(I)c3c(N)n[nH]c23)CC1. The largest absolute Gasteiger partial charge is 0.382 e. The number of nitrogen functional groups attached to an aromatic ring is 1. The molecule has 1 fully saturated rings. The molecule has 6 heteroatoms. The van der Waals surface area contributed by atoms with E-state index in [0.29, 0.717) is 5.82 Å². The number of aromatic nitrogens is 2. The van der Waals surface area contributed by atoms with Crippen molar-refractivity contribution in [1.29, 1.82) is 0 Å². The van der Waals surface area contributed by atoms with E-state index < -0.39 is 0 Å². The van der Waals surface area contributed by atoms with Crippen molar-refractivity contribution in [3.05, 3.63) is 21.3 Å². The Morgan fingerprint density at radius 3 is 2.79 bits per heavy atom. The van der Waals surface area contributed by atoms with Crippen LogP contribution in [0.25, 0.3) is 10.9 Å². The van der Waals surface area contributed by atoms with Crippen LogP contribution in [0, 0.1) is 3.57 Å². The van der Waals surface area contributed by atoms with Gasteiger partial charge in [0.1, 0.15) is 0 Å². The third-order valence-corrected chi connectivity index (χ3v) is 4.67. The molecule has 19 heavy (non-hydrogen) atoms. The molecule has 0 atom stereocenters. The molecule has 1 aliphatic rings. The summed E-state index contributed by atoms with van der Waals surface area (Å²) in [6.45, 7) is 5.47. The first kappa shape index (κ1) is 13.1. The second-order valence-corrected chi connectivity index (χ2v) is 6.31. The fraction of sp³-hybridized carbons (Fsp3) is 0.462. The van der Waals surface area contributed by atoms with Gasteiger partial charge in [0.2, 0.25) is 0 Å². The maximum absolute atomic E-state index is 5.93. The average molecular weight is 371 g/mol. The van der Waals surface area contributed by atoms with Gasteiger partial charge in [-0.3, -0.25) is 10.00 Å². The lowest BCUT2D eigenvalue weighted by Gasteiger charge is -2.32. The van der Waals surface area contributed by atoms with Crippen molar-refractivity contribution in [3.8, 4) is 0 Å². The lowest BCUT2D eigenvalue weighted by molar-refractivity contribution is 0.148. The van der Waals surface area contributed by atoms with E-state index in [-0.39, 0.29) is 0 Å². The third-order valence-electron chi connectivity index (χ3n) is 3.77. The fourth-order valence-electron chi connectivity index (χ4n) is 2.55. The number of H-pyrrole nitrogens is 1. The molecule has 0 aliphatic carbocycles. The Bertz CT molecular complexity index is 586. The number of piperazine rings is 1. The Labute approximate surface area is 126 Å². The van der Waals surface area contributed by atoms with E-state index in [0.717, 1.165) is 47.2 Å². The predicted molar refractivity (Wildman–Crippen MR) is 86.0 cm³/mol. The van der Waals surface area contributed by atoms with E-state index in [1.165, 1.54) is 5.56 Å². The first-order valence-corrected chi connectivity index (χ1v) is 7.55. The first-order chi connectivity index (χ1) is 9.15. The molecule has 0 bridgehead atoms. The maximum atomic E-state index is 5.93. The number of rotatable bonds is 2. The quantitative estimate of drug-likeness (QED) is 0.786. The summed E-state index contributed by atoms with van der Waals surface area (Å²) in [5.41, 5.74) is 8.30. The fourth-order valence-corrected chi connectivity index (χ4v) is 3.27. The number of hydrogen-bond acceptors (Lipinski definition) is 4. The number of likely N-dealkylation sites (N-methyl/N-ethyl adjacent to an activating group) is 1. The standard InChI is InChI=1S/C13H18IN5/c1-18-4-6-19(7-5-18)8-9-2-3-10(14)11-12(9)16-17-13(11)15/h2-3H,4-8H2,1H3,(H3,15,16,17). The highest BCUT2D eigenvalue weighted by Crippen LogP contribution is 2.27. The number of hydrogen-bond donors (Lipinski definition) is 2. The minimum absolute atomic E-state index is 0.597. The number of aromatic amines is 1. The van der Waals surface area contributed by atoms with Crippen molar-refractivity contribution in [2.45, 2.75) is 6.54 Å². The molecule has 2 aromatic rings. The molecule has 5 nitrogen and oxygen atoms in total. The van der Waals surface area contributed by atoms with Gasteiger partial charge in [0.25, 0.3) is 0 Å². The Morgan fingerprint density at radius 2 is 2.05 bits per heavy atom. The van der Waals surface area contributed by atoms with E-state index in [1.807, 2.05) is 0 Å². The van der Waals surface area contributed by atoms with Gasteiger partial charge in [-0.1, -0.05) is 6.07 Å². The summed E-state index contributed by atoms with van der Waals surface area (Å²) in [5.74, 6) is 0.597. The van der Waals surface area contributed by atoms with Gasteiger partial charge in [-0.2, -0.15) is 5.10 Å². The Balaban J connectivity index is 1.87.